The second-order valence-electron chi connectivity index (χ2n) is 4.47. The van der Waals surface area contributed by atoms with Gasteiger partial charge in [0.2, 0.25) is 11.7 Å². The molecule has 1 heterocycles. The van der Waals surface area contributed by atoms with Gasteiger partial charge in [0.25, 0.3) is 0 Å². The lowest BCUT2D eigenvalue weighted by Gasteiger charge is -2.20. The maximum absolute atomic E-state index is 9.08. The molecule has 0 aliphatic carbocycles. The molecule has 0 radical (unpaired) electrons. The van der Waals surface area contributed by atoms with Crippen molar-refractivity contribution in [1.29, 1.82) is 0 Å². The monoisotopic (exact) mass is 325 g/mol. The van der Waals surface area contributed by atoms with E-state index in [1.165, 1.54) is 0 Å². The van der Waals surface area contributed by atoms with Crippen LogP contribution in [0.2, 0.25) is 0 Å². The van der Waals surface area contributed by atoms with Crippen molar-refractivity contribution in [2.45, 2.75) is 19.5 Å². The molecule has 0 aliphatic rings. The summed E-state index contributed by atoms with van der Waals surface area (Å²) in [4.78, 5) is 6.31. The average molecular weight is 326 g/mol. The van der Waals surface area contributed by atoms with E-state index in [0.29, 0.717) is 18.3 Å². The van der Waals surface area contributed by atoms with Crippen molar-refractivity contribution >= 4 is 15.9 Å². The average Bonchev–Trinajstić information content (AvgIpc) is 2.86. The number of hydrogen-bond acceptors (Lipinski definition) is 5. The topological polar surface area (TPSA) is 62.4 Å². The Labute approximate surface area is 120 Å². The van der Waals surface area contributed by atoms with Gasteiger partial charge in [-0.1, -0.05) is 33.2 Å². The minimum atomic E-state index is 0.0567. The summed E-state index contributed by atoms with van der Waals surface area (Å²) < 4.78 is 6.20. The first kappa shape index (κ1) is 14.2. The van der Waals surface area contributed by atoms with Crippen LogP contribution in [0.15, 0.2) is 33.3 Å². The van der Waals surface area contributed by atoms with Gasteiger partial charge in [-0.3, -0.25) is 4.90 Å². The number of aromatic nitrogens is 2. The molecule has 0 amide bonds. The van der Waals surface area contributed by atoms with Gasteiger partial charge < -0.3 is 9.63 Å². The molecule has 0 fully saturated rings. The van der Waals surface area contributed by atoms with Crippen LogP contribution < -0.4 is 0 Å². The Balaban J connectivity index is 2.11. The summed E-state index contributed by atoms with van der Waals surface area (Å²) in [6.45, 7) is 2.55. The van der Waals surface area contributed by atoms with E-state index in [1.807, 2.05) is 43.1 Å². The molecule has 0 saturated heterocycles. The first-order valence-electron chi connectivity index (χ1n) is 5.99. The molecule has 102 valence electrons. The van der Waals surface area contributed by atoms with Gasteiger partial charge in [-0.05, 0) is 26.1 Å². The maximum Gasteiger partial charge on any atom is 0.241 e. The van der Waals surface area contributed by atoms with Crippen molar-refractivity contribution < 1.29 is 9.63 Å². The van der Waals surface area contributed by atoms with Crippen LogP contribution in [0.3, 0.4) is 0 Å². The van der Waals surface area contributed by atoms with Crippen LogP contribution in [-0.2, 0) is 6.54 Å². The molecule has 19 heavy (non-hydrogen) atoms. The van der Waals surface area contributed by atoms with Crippen LogP contribution in [0, 0.1) is 0 Å². The molecule has 1 aromatic heterocycles. The fraction of sp³-hybridized carbons (Fsp3) is 0.385. The zero-order valence-corrected chi connectivity index (χ0v) is 12.5. The molecule has 0 saturated carbocycles. The van der Waals surface area contributed by atoms with Crippen LogP contribution in [0.1, 0.15) is 12.8 Å². The van der Waals surface area contributed by atoms with Crippen molar-refractivity contribution in [3.05, 3.63) is 34.6 Å². The minimum absolute atomic E-state index is 0.0567. The predicted octanol–water partition coefficient (Wildman–Crippen LogP) is 2.31. The summed E-state index contributed by atoms with van der Waals surface area (Å²) in [5.74, 6) is 1.11. The van der Waals surface area contributed by atoms with Crippen LogP contribution >= 0.6 is 15.9 Å². The third kappa shape index (κ3) is 3.62. The van der Waals surface area contributed by atoms with E-state index >= 15 is 0 Å². The lowest BCUT2D eigenvalue weighted by molar-refractivity contribution is 0.142. The number of nitrogens with zero attached hydrogens (tertiary/aromatic N) is 3. The zero-order chi connectivity index (χ0) is 13.8. The number of rotatable bonds is 5. The number of aliphatic hydroxyl groups excluding tert-OH is 1. The second-order valence-corrected chi connectivity index (χ2v) is 5.38. The van der Waals surface area contributed by atoms with E-state index in [4.69, 9.17) is 9.63 Å². The molecule has 2 rings (SSSR count). The molecular formula is C13H16BrN3O2. The van der Waals surface area contributed by atoms with Gasteiger partial charge in [0, 0.05) is 16.1 Å². The standard InChI is InChI=1S/C13H16BrN3O2/c1-9(8-18)17(2)7-12-15-13(16-19-12)10-4-3-5-11(14)6-10/h3-6,9,18H,7-8H2,1-2H3. The molecule has 1 atom stereocenters. The SMILES string of the molecule is CC(CO)N(C)Cc1nc(-c2cccc(Br)c2)no1. The summed E-state index contributed by atoms with van der Waals surface area (Å²) in [7, 11) is 1.91. The highest BCUT2D eigenvalue weighted by atomic mass is 79.9. The molecule has 6 heteroatoms. The smallest absolute Gasteiger partial charge is 0.241 e. The normalized spacial score (nSPS) is 12.9. The minimum Gasteiger partial charge on any atom is -0.395 e. The Morgan fingerprint density at radius 2 is 2.26 bits per heavy atom. The van der Waals surface area contributed by atoms with Crippen LogP contribution in [0.4, 0.5) is 0 Å². The van der Waals surface area contributed by atoms with Crippen molar-refractivity contribution in [2.75, 3.05) is 13.7 Å². The summed E-state index contributed by atoms with van der Waals surface area (Å²) >= 11 is 3.41. The van der Waals surface area contributed by atoms with E-state index in [-0.39, 0.29) is 12.6 Å². The quantitative estimate of drug-likeness (QED) is 0.914. The Morgan fingerprint density at radius 1 is 1.47 bits per heavy atom. The third-order valence-electron chi connectivity index (χ3n) is 2.95. The van der Waals surface area contributed by atoms with Gasteiger partial charge in [0.15, 0.2) is 0 Å². The number of hydrogen-bond donors (Lipinski definition) is 1. The Kier molecular flexibility index (Phi) is 4.68. The van der Waals surface area contributed by atoms with E-state index in [9.17, 15) is 0 Å². The third-order valence-corrected chi connectivity index (χ3v) is 3.45. The van der Waals surface area contributed by atoms with Crippen molar-refractivity contribution in [1.82, 2.24) is 15.0 Å². The van der Waals surface area contributed by atoms with Gasteiger partial charge in [-0.15, -0.1) is 0 Å². The molecule has 5 nitrogen and oxygen atoms in total. The molecule has 1 unspecified atom stereocenters. The summed E-state index contributed by atoms with van der Waals surface area (Å²) in [6.07, 6.45) is 0. The van der Waals surface area contributed by atoms with Gasteiger partial charge in [-0.2, -0.15) is 4.98 Å². The van der Waals surface area contributed by atoms with Gasteiger partial charge in [0.05, 0.1) is 13.2 Å². The fourth-order valence-electron chi connectivity index (χ4n) is 1.57. The Bertz CT molecular complexity index is 544. The highest BCUT2D eigenvalue weighted by molar-refractivity contribution is 9.10. The first-order valence-corrected chi connectivity index (χ1v) is 6.79. The summed E-state index contributed by atoms with van der Waals surface area (Å²) in [5.41, 5.74) is 0.905. The highest BCUT2D eigenvalue weighted by Crippen LogP contribution is 2.20. The van der Waals surface area contributed by atoms with Crippen molar-refractivity contribution in [2.24, 2.45) is 0 Å². The molecular weight excluding hydrogens is 310 g/mol. The van der Waals surface area contributed by atoms with Crippen molar-refractivity contribution in [3.63, 3.8) is 0 Å². The molecule has 1 N–H and O–H groups in total. The van der Waals surface area contributed by atoms with Gasteiger partial charge in [0.1, 0.15) is 0 Å². The lowest BCUT2D eigenvalue weighted by Crippen LogP contribution is -2.31. The maximum atomic E-state index is 9.08. The fourth-order valence-corrected chi connectivity index (χ4v) is 1.97. The van der Waals surface area contributed by atoms with E-state index in [1.54, 1.807) is 0 Å². The number of aliphatic hydroxyl groups is 1. The Morgan fingerprint density at radius 3 is 2.95 bits per heavy atom. The summed E-state index contributed by atoms with van der Waals surface area (Å²) in [6, 6.07) is 7.80. The molecule has 2 aromatic rings. The first-order chi connectivity index (χ1) is 9.10. The van der Waals surface area contributed by atoms with E-state index < -0.39 is 0 Å². The van der Waals surface area contributed by atoms with E-state index in [2.05, 4.69) is 26.1 Å². The van der Waals surface area contributed by atoms with Gasteiger partial charge in [-0.25, -0.2) is 0 Å². The number of halogens is 1. The van der Waals surface area contributed by atoms with Crippen molar-refractivity contribution in [3.8, 4) is 11.4 Å². The molecule has 1 aromatic carbocycles. The predicted molar refractivity (Wildman–Crippen MR) is 75.4 cm³/mol. The van der Waals surface area contributed by atoms with Crippen LogP contribution in [0.5, 0.6) is 0 Å². The van der Waals surface area contributed by atoms with Crippen LogP contribution in [-0.4, -0.2) is 39.8 Å². The van der Waals surface area contributed by atoms with E-state index in [0.717, 1.165) is 10.0 Å². The highest BCUT2D eigenvalue weighted by Gasteiger charge is 2.14. The largest absolute Gasteiger partial charge is 0.395 e. The number of benzene rings is 1. The molecule has 0 spiro atoms. The zero-order valence-electron chi connectivity index (χ0n) is 10.9. The number of likely N-dealkylation sites (N-methyl/N-ethyl adjacent to an activating group) is 1. The lowest BCUT2D eigenvalue weighted by atomic mass is 10.2. The van der Waals surface area contributed by atoms with Crippen LogP contribution in [0.25, 0.3) is 11.4 Å². The molecule has 0 aliphatic heterocycles. The summed E-state index contributed by atoms with van der Waals surface area (Å²) in [5, 5.41) is 13.1. The Hall–Kier alpha value is -1.24. The second kappa shape index (κ2) is 6.27. The van der Waals surface area contributed by atoms with Gasteiger partial charge >= 0.3 is 0 Å². The molecule has 0 bridgehead atoms.